The highest BCUT2D eigenvalue weighted by molar-refractivity contribution is 14.1. The predicted molar refractivity (Wildman–Crippen MR) is 104 cm³/mol. The first-order valence-electron chi connectivity index (χ1n) is 8.18. The van der Waals surface area contributed by atoms with Crippen LogP contribution >= 0.6 is 22.6 Å². The molecule has 0 amide bonds. The number of aliphatic hydroxyl groups excluding tert-OH is 1. The standard InChI is InChI=1S/C19H21IN2O2/c1-2-5-19-21-17-6-3-4-7-18(17)22(19)12-15(23)13-24-16-10-8-14(20)9-11-16/h3-4,6-11,15,23H,2,5,12-13H2,1H3/t15-/m1/s1. The smallest absolute Gasteiger partial charge is 0.119 e. The van der Waals surface area contributed by atoms with Gasteiger partial charge in [0.1, 0.15) is 24.3 Å². The average molecular weight is 436 g/mol. The summed E-state index contributed by atoms with van der Waals surface area (Å²) in [5.74, 6) is 1.80. The number of aromatic nitrogens is 2. The van der Waals surface area contributed by atoms with E-state index in [0.717, 1.165) is 39.0 Å². The molecule has 1 aromatic heterocycles. The molecular formula is C19H21IN2O2. The van der Waals surface area contributed by atoms with E-state index in [1.54, 1.807) is 0 Å². The van der Waals surface area contributed by atoms with E-state index < -0.39 is 6.10 Å². The maximum absolute atomic E-state index is 10.4. The molecule has 5 heteroatoms. The van der Waals surface area contributed by atoms with Crippen LogP contribution in [0.1, 0.15) is 19.2 Å². The number of aryl methyl sites for hydroxylation is 1. The molecule has 24 heavy (non-hydrogen) atoms. The Labute approximate surface area is 155 Å². The second kappa shape index (κ2) is 7.98. The lowest BCUT2D eigenvalue weighted by atomic mass is 10.3. The molecule has 1 atom stereocenters. The van der Waals surface area contributed by atoms with E-state index in [0.29, 0.717) is 6.54 Å². The van der Waals surface area contributed by atoms with Crippen molar-refractivity contribution >= 4 is 33.6 Å². The minimum Gasteiger partial charge on any atom is -0.491 e. The van der Waals surface area contributed by atoms with Crippen LogP contribution in [0.25, 0.3) is 11.0 Å². The van der Waals surface area contributed by atoms with Crippen LogP contribution in [0.5, 0.6) is 5.75 Å². The second-order valence-corrected chi connectivity index (χ2v) is 7.04. The van der Waals surface area contributed by atoms with Crippen LogP contribution in [0, 0.1) is 3.57 Å². The van der Waals surface area contributed by atoms with Crippen molar-refractivity contribution in [1.29, 1.82) is 0 Å². The van der Waals surface area contributed by atoms with E-state index in [9.17, 15) is 5.11 Å². The molecule has 2 aromatic carbocycles. The lowest BCUT2D eigenvalue weighted by Gasteiger charge is -2.15. The van der Waals surface area contributed by atoms with Crippen molar-refractivity contribution in [3.63, 3.8) is 0 Å². The molecule has 0 bridgehead atoms. The van der Waals surface area contributed by atoms with Crippen molar-refractivity contribution in [2.24, 2.45) is 0 Å². The van der Waals surface area contributed by atoms with Gasteiger partial charge >= 0.3 is 0 Å². The number of ether oxygens (including phenoxy) is 1. The van der Waals surface area contributed by atoms with E-state index in [4.69, 9.17) is 9.72 Å². The summed E-state index contributed by atoms with van der Waals surface area (Å²) in [5.41, 5.74) is 2.04. The molecule has 0 saturated carbocycles. The summed E-state index contributed by atoms with van der Waals surface area (Å²) in [6.45, 7) is 2.89. The van der Waals surface area contributed by atoms with Gasteiger partial charge in [-0.3, -0.25) is 0 Å². The first-order chi connectivity index (χ1) is 11.7. The molecule has 0 fully saturated rings. The Morgan fingerprint density at radius 3 is 2.67 bits per heavy atom. The Balaban J connectivity index is 1.71. The molecule has 0 saturated heterocycles. The normalized spacial score (nSPS) is 12.5. The lowest BCUT2D eigenvalue weighted by Crippen LogP contribution is -2.24. The van der Waals surface area contributed by atoms with Crippen LogP contribution in [-0.2, 0) is 13.0 Å². The van der Waals surface area contributed by atoms with Gasteiger partial charge in [-0.2, -0.15) is 0 Å². The zero-order chi connectivity index (χ0) is 16.9. The van der Waals surface area contributed by atoms with E-state index in [1.807, 2.05) is 48.5 Å². The van der Waals surface area contributed by atoms with Crippen LogP contribution in [0.4, 0.5) is 0 Å². The quantitative estimate of drug-likeness (QED) is 0.569. The van der Waals surface area contributed by atoms with Gasteiger partial charge in [-0.15, -0.1) is 0 Å². The number of fused-ring (bicyclic) bond motifs is 1. The number of imidazole rings is 1. The Hall–Kier alpha value is -1.60. The van der Waals surface area contributed by atoms with Gasteiger partial charge in [-0.05, 0) is 65.4 Å². The number of para-hydroxylation sites is 2. The van der Waals surface area contributed by atoms with Crippen molar-refractivity contribution in [2.45, 2.75) is 32.4 Å². The lowest BCUT2D eigenvalue weighted by molar-refractivity contribution is 0.0927. The number of halogens is 1. The zero-order valence-corrected chi connectivity index (χ0v) is 15.8. The predicted octanol–water partition coefficient (Wildman–Crippen LogP) is 4.03. The first kappa shape index (κ1) is 17.2. The number of hydrogen-bond donors (Lipinski definition) is 1. The third-order valence-corrected chi connectivity index (χ3v) is 4.58. The van der Waals surface area contributed by atoms with Crippen LogP contribution in [0.15, 0.2) is 48.5 Å². The van der Waals surface area contributed by atoms with Crippen molar-refractivity contribution < 1.29 is 9.84 Å². The number of rotatable bonds is 7. The average Bonchev–Trinajstić information content (AvgIpc) is 2.92. The minimum atomic E-state index is -0.586. The molecule has 4 nitrogen and oxygen atoms in total. The Morgan fingerprint density at radius 1 is 1.17 bits per heavy atom. The number of benzene rings is 2. The van der Waals surface area contributed by atoms with Gasteiger partial charge in [-0.1, -0.05) is 19.1 Å². The maximum atomic E-state index is 10.4. The van der Waals surface area contributed by atoms with Crippen LogP contribution in [0.3, 0.4) is 0 Å². The maximum Gasteiger partial charge on any atom is 0.119 e. The third kappa shape index (κ3) is 4.08. The SMILES string of the molecule is CCCc1nc2ccccc2n1C[C@@H](O)COc1ccc(I)cc1. The van der Waals surface area contributed by atoms with Crippen LogP contribution in [-0.4, -0.2) is 27.4 Å². The monoisotopic (exact) mass is 436 g/mol. The van der Waals surface area contributed by atoms with E-state index >= 15 is 0 Å². The van der Waals surface area contributed by atoms with Crippen molar-refractivity contribution in [3.05, 3.63) is 57.9 Å². The number of nitrogens with zero attached hydrogens (tertiary/aromatic N) is 2. The van der Waals surface area contributed by atoms with E-state index in [2.05, 4.69) is 34.1 Å². The highest BCUT2D eigenvalue weighted by atomic mass is 127. The van der Waals surface area contributed by atoms with Crippen molar-refractivity contribution in [1.82, 2.24) is 9.55 Å². The summed E-state index contributed by atoms with van der Waals surface area (Å²) >= 11 is 2.26. The van der Waals surface area contributed by atoms with Crippen molar-refractivity contribution in [3.8, 4) is 5.75 Å². The molecule has 0 unspecified atom stereocenters. The summed E-state index contributed by atoms with van der Waals surface area (Å²) in [7, 11) is 0. The van der Waals surface area contributed by atoms with Gasteiger partial charge in [0, 0.05) is 9.99 Å². The van der Waals surface area contributed by atoms with Crippen molar-refractivity contribution in [2.75, 3.05) is 6.61 Å². The van der Waals surface area contributed by atoms with Gasteiger partial charge in [0.25, 0.3) is 0 Å². The third-order valence-electron chi connectivity index (χ3n) is 3.86. The Morgan fingerprint density at radius 2 is 1.92 bits per heavy atom. The molecule has 1 heterocycles. The first-order valence-corrected chi connectivity index (χ1v) is 9.26. The fourth-order valence-corrected chi connectivity index (χ4v) is 3.09. The molecular weight excluding hydrogens is 415 g/mol. The summed E-state index contributed by atoms with van der Waals surface area (Å²) < 4.78 is 8.97. The Kier molecular flexibility index (Phi) is 5.73. The van der Waals surface area contributed by atoms with Gasteiger partial charge < -0.3 is 14.4 Å². The summed E-state index contributed by atoms with van der Waals surface area (Å²) in [6, 6.07) is 15.9. The summed E-state index contributed by atoms with van der Waals surface area (Å²) in [5, 5.41) is 10.4. The number of aliphatic hydroxyl groups is 1. The Bertz CT molecular complexity index is 799. The fraction of sp³-hybridized carbons (Fsp3) is 0.316. The number of hydrogen-bond acceptors (Lipinski definition) is 3. The molecule has 3 rings (SSSR count). The minimum absolute atomic E-state index is 0.263. The molecule has 0 radical (unpaired) electrons. The van der Waals surface area contributed by atoms with Crippen LogP contribution in [0.2, 0.25) is 0 Å². The molecule has 1 N–H and O–H groups in total. The zero-order valence-electron chi connectivity index (χ0n) is 13.7. The summed E-state index contributed by atoms with van der Waals surface area (Å²) in [4.78, 5) is 4.69. The molecule has 3 aromatic rings. The second-order valence-electron chi connectivity index (χ2n) is 5.80. The highest BCUT2D eigenvalue weighted by Crippen LogP contribution is 2.18. The van der Waals surface area contributed by atoms with Gasteiger partial charge in [0.2, 0.25) is 0 Å². The topological polar surface area (TPSA) is 47.3 Å². The molecule has 0 aliphatic carbocycles. The highest BCUT2D eigenvalue weighted by Gasteiger charge is 2.14. The van der Waals surface area contributed by atoms with Gasteiger partial charge in [-0.25, -0.2) is 4.98 Å². The largest absolute Gasteiger partial charge is 0.491 e. The van der Waals surface area contributed by atoms with Crippen LogP contribution < -0.4 is 4.74 Å². The summed E-state index contributed by atoms with van der Waals surface area (Å²) in [6.07, 6.45) is 1.34. The van der Waals surface area contributed by atoms with E-state index in [1.165, 1.54) is 0 Å². The van der Waals surface area contributed by atoms with Gasteiger partial charge in [0.15, 0.2) is 0 Å². The molecule has 0 aliphatic rings. The van der Waals surface area contributed by atoms with Gasteiger partial charge in [0.05, 0.1) is 17.6 Å². The fourth-order valence-electron chi connectivity index (χ4n) is 2.73. The molecule has 0 aliphatic heterocycles. The molecule has 126 valence electrons. The van der Waals surface area contributed by atoms with E-state index in [-0.39, 0.29) is 6.61 Å². The molecule has 0 spiro atoms.